The van der Waals surface area contributed by atoms with Gasteiger partial charge in [0.15, 0.2) is 11.2 Å². The first-order valence-corrected chi connectivity index (χ1v) is 13.2. The average molecular weight is 523 g/mol. The van der Waals surface area contributed by atoms with Crippen molar-refractivity contribution < 1.29 is 27.0 Å². The van der Waals surface area contributed by atoms with Crippen molar-refractivity contribution in [2.75, 3.05) is 32.8 Å². The number of benzene rings is 1. The number of alkyl halides is 1. The summed E-state index contributed by atoms with van der Waals surface area (Å²) in [6.07, 6.45) is 3.45. The molecule has 9 nitrogen and oxygen atoms in total. The number of nitrogens with zero attached hydrogens (tertiary/aromatic N) is 4. The molecular formula is C23H26ClFN5O4S+. The molecule has 1 N–H and O–H groups in total. The van der Waals surface area contributed by atoms with Gasteiger partial charge in [-0.1, -0.05) is 11.6 Å². The summed E-state index contributed by atoms with van der Waals surface area (Å²) < 4.78 is 48.3. The van der Waals surface area contributed by atoms with Gasteiger partial charge in [-0.2, -0.15) is 9.57 Å². The van der Waals surface area contributed by atoms with E-state index in [0.717, 1.165) is 28.4 Å². The van der Waals surface area contributed by atoms with Crippen LogP contribution in [0.15, 0.2) is 45.0 Å². The third-order valence-corrected chi connectivity index (χ3v) is 8.53. The van der Waals surface area contributed by atoms with E-state index in [4.69, 9.17) is 21.6 Å². The van der Waals surface area contributed by atoms with Crippen LogP contribution in [0.25, 0.3) is 0 Å². The second-order valence-electron chi connectivity index (χ2n) is 8.70. The van der Waals surface area contributed by atoms with E-state index < -0.39 is 28.0 Å². The number of amides is 1. The van der Waals surface area contributed by atoms with Crippen molar-refractivity contribution in [3.05, 3.63) is 40.6 Å². The molecule has 3 aliphatic rings. The van der Waals surface area contributed by atoms with E-state index in [1.54, 1.807) is 0 Å². The summed E-state index contributed by atoms with van der Waals surface area (Å²) in [5, 5.41) is 16.1. The standard InChI is InChI=1S/C23H25ClFN5O4S/c24-22-21(27-11-17-2-1-9-34-15-17)12-28-30(23(22)31)13-18-7-8-29(14-20(18)25)35(32,33)19-5-3-16(10-26)4-6-19/h3-6,12-13,17-18,20H,1-2,7-9,11,14-15H2/p+1/b30-13-/t17-,18?,20-/m1/s1. The van der Waals surface area contributed by atoms with E-state index in [1.807, 2.05) is 6.07 Å². The van der Waals surface area contributed by atoms with Crippen molar-refractivity contribution in [3.63, 3.8) is 0 Å². The number of rotatable bonds is 6. The number of hydrazone groups is 1. The number of carbonyl (C=O) groups is 1. The molecule has 3 atom stereocenters. The topological polar surface area (TPSA) is 115 Å². The maximum atomic E-state index is 15.0. The minimum atomic E-state index is -3.90. The average Bonchev–Trinajstić information content (AvgIpc) is 2.88. The van der Waals surface area contributed by atoms with E-state index in [0.29, 0.717) is 30.3 Å². The van der Waals surface area contributed by atoms with Gasteiger partial charge in [0.25, 0.3) is 0 Å². The summed E-state index contributed by atoms with van der Waals surface area (Å²) in [5.74, 6) is -0.954. The van der Waals surface area contributed by atoms with Crippen LogP contribution in [0, 0.1) is 23.2 Å². The second-order valence-corrected chi connectivity index (χ2v) is 11.0. The number of nitrogens with one attached hydrogen (secondary N) is 1. The number of hydrogen-bond acceptors (Lipinski definition) is 7. The number of hydrogen-bond donors (Lipinski definition) is 1. The molecule has 0 bridgehead atoms. The van der Waals surface area contributed by atoms with Gasteiger partial charge in [-0.25, -0.2) is 17.6 Å². The number of ether oxygens (including phenoxy) is 1. The lowest BCUT2D eigenvalue weighted by Crippen LogP contribution is -2.46. The third-order valence-electron chi connectivity index (χ3n) is 6.29. The first kappa shape index (κ1) is 25.4. The van der Waals surface area contributed by atoms with Gasteiger partial charge >= 0.3 is 5.91 Å². The molecule has 0 saturated carbocycles. The van der Waals surface area contributed by atoms with Crippen molar-refractivity contribution in [2.45, 2.75) is 30.3 Å². The molecule has 12 heteroatoms. The molecule has 0 spiro atoms. The summed E-state index contributed by atoms with van der Waals surface area (Å²) in [6, 6.07) is 7.41. The van der Waals surface area contributed by atoms with Crippen molar-refractivity contribution >= 4 is 40.0 Å². The van der Waals surface area contributed by atoms with Gasteiger partial charge in [-0.05, 0) is 54.1 Å². The Morgan fingerprint density at radius 2 is 2.11 bits per heavy atom. The Kier molecular flexibility index (Phi) is 7.96. The zero-order valence-electron chi connectivity index (χ0n) is 18.9. The molecule has 0 aliphatic carbocycles. The molecule has 2 saturated heterocycles. The number of sulfonamides is 1. The first-order chi connectivity index (χ1) is 16.8. The van der Waals surface area contributed by atoms with Gasteiger partial charge in [0.05, 0.1) is 34.7 Å². The largest absolute Gasteiger partial charge is 0.462 e. The van der Waals surface area contributed by atoms with Crippen LogP contribution in [0.5, 0.6) is 0 Å². The van der Waals surface area contributed by atoms with Crippen molar-refractivity contribution in [2.24, 2.45) is 16.9 Å². The lowest BCUT2D eigenvalue weighted by molar-refractivity contribution is -0.447. The van der Waals surface area contributed by atoms with E-state index in [1.165, 1.54) is 36.7 Å². The SMILES string of the molecule is N#Cc1ccc(S(=O)(=O)N2CCC(/C=[N+]3\N=CC(NC[C@H]4CCCOC4)=C(Cl)C3=O)[C@H](F)C2)cc1. The summed E-state index contributed by atoms with van der Waals surface area (Å²) >= 11 is 6.25. The summed E-state index contributed by atoms with van der Waals surface area (Å²) in [5.41, 5.74) is 0.744. The Bertz CT molecular complexity index is 1200. The number of piperidine rings is 1. The van der Waals surface area contributed by atoms with Gasteiger partial charge < -0.3 is 10.1 Å². The van der Waals surface area contributed by atoms with Crippen LogP contribution in [-0.2, 0) is 19.6 Å². The predicted octanol–water partition coefficient (Wildman–Crippen LogP) is 1.98. The fourth-order valence-electron chi connectivity index (χ4n) is 4.21. The van der Waals surface area contributed by atoms with E-state index in [2.05, 4.69) is 10.4 Å². The molecule has 1 unspecified atom stereocenters. The molecule has 4 rings (SSSR count). The highest BCUT2D eigenvalue weighted by atomic mass is 35.5. The lowest BCUT2D eigenvalue weighted by atomic mass is 9.97. The molecule has 0 aromatic heterocycles. The summed E-state index contributed by atoms with van der Waals surface area (Å²) in [7, 11) is -3.90. The number of allylic oxidation sites excluding steroid dienone is 1. The smallest absolute Gasteiger partial charge is 0.382 e. The molecule has 1 aromatic carbocycles. The monoisotopic (exact) mass is 522 g/mol. The number of nitriles is 1. The maximum absolute atomic E-state index is 15.0. The van der Waals surface area contributed by atoms with Crippen LogP contribution in [-0.4, -0.2) is 74.8 Å². The molecule has 35 heavy (non-hydrogen) atoms. The van der Waals surface area contributed by atoms with Crippen LogP contribution < -0.4 is 5.32 Å². The predicted molar refractivity (Wildman–Crippen MR) is 127 cm³/mol. The Hall–Kier alpha value is -2.65. The highest BCUT2D eigenvalue weighted by Crippen LogP contribution is 2.26. The van der Waals surface area contributed by atoms with Crippen molar-refractivity contribution in [1.82, 2.24) is 9.62 Å². The van der Waals surface area contributed by atoms with Gasteiger partial charge in [0.1, 0.15) is 12.4 Å². The fraction of sp³-hybridized carbons (Fsp3) is 0.478. The zero-order chi connectivity index (χ0) is 25.0. The quantitative estimate of drug-likeness (QED) is 0.571. The van der Waals surface area contributed by atoms with E-state index >= 15 is 4.39 Å². The Labute approximate surface area is 208 Å². The first-order valence-electron chi connectivity index (χ1n) is 11.4. The fourth-order valence-corrected chi connectivity index (χ4v) is 5.87. The minimum absolute atomic E-state index is 0.00123. The second kappa shape index (κ2) is 11.0. The van der Waals surface area contributed by atoms with Gasteiger partial charge in [-0.3, -0.25) is 0 Å². The molecule has 1 amide bonds. The number of halogens is 2. The van der Waals surface area contributed by atoms with Gasteiger partial charge in [-0.15, -0.1) is 0 Å². The van der Waals surface area contributed by atoms with Crippen LogP contribution in [0.3, 0.4) is 0 Å². The highest BCUT2D eigenvalue weighted by molar-refractivity contribution is 7.89. The summed E-state index contributed by atoms with van der Waals surface area (Å²) in [6.45, 7) is 1.75. The Morgan fingerprint density at radius 3 is 2.77 bits per heavy atom. The molecular weight excluding hydrogens is 497 g/mol. The molecule has 1 aromatic rings. The Morgan fingerprint density at radius 1 is 1.34 bits per heavy atom. The van der Waals surface area contributed by atoms with E-state index in [9.17, 15) is 13.2 Å². The molecule has 2 fully saturated rings. The van der Waals surface area contributed by atoms with Crippen LogP contribution in [0.4, 0.5) is 4.39 Å². The third kappa shape index (κ3) is 5.78. The zero-order valence-corrected chi connectivity index (χ0v) is 20.5. The lowest BCUT2D eigenvalue weighted by Gasteiger charge is -2.31. The van der Waals surface area contributed by atoms with Crippen LogP contribution >= 0.6 is 11.6 Å². The maximum Gasteiger partial charge on any atom is 0.462 e. The van der Waals surface area contributed by atoms with E-state index in [-0.39, 0.29) is 29.4 Å². The highest BCUT2D eigenvalue weighted by Gasteiger charge is 2.39. The number of carbonyl (C=O) groups excluding carboxylic acids is 1. The van der Waals surface area contributed by atoms with Gasteiger partial charge in [0, 0.05) is 31.3 Å². The van der Waals surface area contributed by atoms with Crippen LogP contribution in [0.1, 0.15) is 24.8 Å². The van der Waals surface area contributed by atoms with Gasteiger partial charge in [0.2, 0.25) is 10.0 Å². The summed E-state index contributed by atoms with van der Waals surface area (Å²) in [4.78, 5) is 12.7. The molecule has 3 heterocycles. The van der Waals surface area contributed by atoms with Crippen molar-refractivity contribution in [1.29, 1.82) is 5.26 Å². The van der Waals surface area contributed by atoms with Crippen molar-refractivity contribution in [3.8, 4) is 6.07 Å². The molecule has 0 radical (unpaired) electrons. The molecule has 186 valence electrons. The molecule has 3 aliphatic heterocycles. The normalized spacial score (nSPS) is 27.2. The minimum Gasteiger partial charge on any atom is -0.382 e. The Balaban J connectivity index is 1.38. The van der Waals surface area contributed by atoms with Crippen LogP contribution in [0.2, 0.25) is 0 Å².